The van der Waals surface area contributed by atoms with Crippen LogP contribution in [-0.2, 0) is 5.60 Å². The van der Waals surface area contributed by atoms with E-state index in [0.29, 0.717) is 0 Å². The fourth-order valence-corrected chi connectivity index (χ4v) is 5.71. The first-order valence-corrected chi connectivity index (χ1v) is 10.9. The van der Waals surface area contributed by atoms with Gasteiger partial charge in [-0.25, -0.2) is 0 Å². The first-order chi connectivity index (χ1) is 15.3. The summed E-state index contributed by atoms with van der Waals surface area (Å²) >= 11 is 0. The van der Waals surface area contributed by atoms with E-state index in [1.807, 2.05) is 6.07 Å². The van der Waals surface area contributed by atoms with E-state index in [2.05, 4.69) is 89.9 Å². The molecule has 148 valence electrons. The second-order valence-electron chi connectivity index (χ2n) is 8.64. The molecule has 2 nitrogen and oxygen atoms in total. The van der Waals surface area contributed by atoms with Crippen molar-refractivity contribution < 1.29 is 5.11 Å². The highest BCUT2D eigenvalue weighted by atomic mass is 16.3. The number of nitrogens with one attached hydrogen (secondary N) is 1. The highest BCUT2D eigenvalue weighted by molar-refractivity contribution is 6.23. The largest absolute Gasteiger partial charge is 0.376 e. The number of H-pyrrole nitrogens is 1. The zero-order valence-electron chi connectivity index (χ0n) is 17.0. The summed E-state index contributed by atoms with van der Waals surface area (Å²) in [5, 5.41) is 17.3. The Morgan fingerprint density at radius 1 is 0.742 bits per heavy atom. The number of benzene rings is 4. The molecule has 2 heteroatoms. The van der Waals surface area contributed by atoms with Gasteiger partial charge in [0.05, 0.1) is 0 Å². The van der Waals surface area contributed by atoms with Gasteiger partial charge < -0.3 is 10.1 Å². The number of hydrogen-bond acceptors (Lipinski definition) is 1. The van der Waals surface area contributed by atoms with Crippen LogP contribution in [-0.4, -0.2) is 10.1 Å². The second-order valence-corrected chi connectivity index (χ2v) is 8.64. The maximum Gasteiger partial charge on any atom is 0.142 e. The van der Waals surface area contributed by atoms with E-state index in [1.54, 1.807) is 0 Å². The number of aliphatic hydroxyl groups is 1. The molecule has 1 atom stereocenters. The van der Waals surface area contributed by atoms with Gasteiger partial charge in [0.2, 0.25) is 0 Å². The molecule has 0 bridgehead atoms. The van der Waals surface area contributed by atoms with Crippen molar-refractivity contribution in [1.29, 1.82) is 0 Å². The third-order valence-corrected chi connectivity index (χ3v) is 7.04. The van der Waals surface area contributed by atoms with Crippen LogP contribution in [0.5, 0.6) is 0 Å². The SMILES string of the molecule is OC1(C2=CCCC=C2)c2ccccc2-c2ccc3[nH]c4ccc5ccccc5c4c3c21. The monoisotopic (exact) mass is 399 g/mol. The Bertz CT molecular complexity index is 1600. The van der Waals surface area contributed by atoms with Crippen molar-refractivity contribution in [3.8, 4) is 11.1 Å². The summed E-state index contributed by atoms with van der Waals surface area (Å²) in [6.45, 7) is 0. The van der Waals surface area contributed by atoms with Crippen LogP contribution < -0.4 is 0 Å². The first kappa shape index (κ1) is 17.1. The molecule has 7 rings (SSSR count). The van der Waals surface area contributed by atoms with Gasteiger partial charge in [0.1, 0.15) is 5.60 Å². The first-order valence-electron chi connectivity index (χ1n) is 10.9. The minimum absolute atomic E-state index is 0.957. The van der Waals surface area contributed by atoms with Crippen LogP contribution in [0.4, 0.5) is 0 Å². The molecule has 0 spiro atoms. The average molecular weight is 399 g/mol. The maximum atomic E-state index is 12.5. The van der Waals surface area contributed by atoms with E-state index in [1.165, 1.54) is 16.2 Å². The fourth-order valence-electron chi connectivity index (χ4n) is 5.71. The average Bonchev–Trinajstić information content (AvgIpc) is 3.34. The summed E-state index contributed by atoms with van der Waals surface area (Å²) in [4.78, 5) is 3.62. The lowest BCUT2D eigenvalue weighted by Gasteiger charge is -2.29. The topological polar surface area (TPSA) is 36.0 Å². The number of aromatic amines is 1. The van der Waals surface area contributed by atoms with Crippen molar-refractivity contribution in [1.82, 2.24) is 4.98 Å². The minimum Gasteiger partial charge on any atom is -0.376 e. The van der Waals surface area contributed by atoms with Gasteiger partial charge in [0.15, 0.2) is 0 Å². The maximum absolute atomic E-state index is 12.5. The Morgan fingerprint density at radius 3 is 2.45 bits per heavy atom. The van der Waals surface area contributed by atoms with E-state index < -0.39 is 5.60 Å². The lowest BCUT2D eigenvalue weighted by Crippen LogP contribution is -2.27. The third kappa shape index (κ3) is 2.10. The lowest BCUT2D eigenvalue weighted by atomic mass is 9.80. The Hall–Kier alpha value is -3.62. The van der Waals surface area contributed by atoms with Gasteiger partial charge in [-0.2, -0.15) is 0 Å². The van der Waals surface area contributed by atoms with Crippen molar-refractivity contribution in [3.05, 3.63) is 108 Å². The Labute approximate surface area is 180 Å². The van der Waals surface area contributed by atoms with Crippen LogP contribution in [0.25, 0.3) is 43.7 Å². The van der Waals surface area contributed by atoms with Crippen LogP contribution in [0, 0.1) is 0 Å². The molecule has 4 aromatic carbocycles. The molecule has 1 aromatic heterocycles. The predicted molar refractivity (Wildman–Crippen MR) is 128 cm³/mol. The molecule has 0 saturated carbocycles. The van der Waals surface area contributed by atoms with Crippen LogP contribution >= 0.6 is 0 Å². The van der Waals surface area contributed by atoms with Crippen LogP contribution in [0.3, 0.4) is 0 Å². The summed E-state index contributed by atoms with van der Waals surface area (Å²) in [5.41, 5.74) is 6.22. The molecule has 0 amide bonds. The van der Waals surface area contributed by atoms with Gasteiger partial charge in [-0.15, -0.1) is 0 Å². The van der Waals surface area contributed by atoms with Crippen LogP contribution in [0.1, 0.15) is 24.0 Å². The third-order valence-electron chi connectivity index (χ3n) is 7.04. The van der Waals surface area contributed by atoms with Gasteiger partial charge >= 0.3 is 0 Å². The summed E-state index contributed by atoms with van der Waals surface area (Å²) in [7, 11) is 0. The summed E-state index contributed by atoms with van der Waals surface area (Å²) in [6.07, 6.45) is 8.48. The highest BCUT2D eigenvalue weighted by Crippen LogP contribution is 2.55. The normalized spacial score (nSPS) is 19.7. The Morgan fingerprint density at radius 2 is 1.55 bits per heavy atom. The number of rotatable bonds is 1. The molecular weight excluding hydrogens is 378 g/mol. The van der Waals surface area contributed by atoms with E-state index in [9.17, 15) is 5.11 Å². The molecule has 0 saturated heterocycles. The minimum atomic E-state index is -1.16. The van der Waals surface area contributed by atoms with E-state index in [4.69, 9.17) is 0 Å². The number of allylic oxidation sites excluding steroid dienone is 2. The lowest BCUT2D eigenvalue weighted by molar-refractivity contribution is 0.131. The molecule has 0 radical (unpaired) electrons. The van der Waals surface area contributed by atoms with Crippen molar-refractivity contribution in [2.24, 2.45) is 0 Å². The van der Waals surface area contributed by atoms with E-state index >= 15 is 0 Å². The number of fused-ring (bicyclic) bond motifs is 9. The summed E-state index contributed by atoms with van der Waals surface area (Å²) < 4.78 is 0. The fraction of sp³-hybridized carbons (Fsp3) is 0.103. The molecular formula is C29H21NO. The van der Waals surface area contributed by atoms with Crippen LogP contribution in [0.15, 0.2) is 96.6 Å². The van der Waals surface area contributed by atoms with E-state index in [0.717, 1.165) is 57.1 Å². The Balaban J connectivity index is 1.72. The van der Waals surface area contributed by atoms with Gasteiger partial charge in [0, 0.05) is 32.9 Å². The quantitative estimate of drug-likeness (QED) is 0.314. The number of hydrogen-bond donors (Lipinski definition) is 2. The van der Waals surface area contributed by atoms with Crippen molar-refractivity contribution in [2.75, 3.05) is 0 Å². The molecule has 5 aromatic rings. The Kier molecular flexibility index (Phi) is 3.29. The van der Waals surface area contributed by atoms with Gasteiger partial charge in [0.25, 0.3) is 0 Å². The molecule has 2 N–H and O–H groups in total. The molecule has 2 aliphatic rings. The summed E-state index contributed by atoms with van der Waals surface area (Å²) in [5.74, 6) is 0. The van der Waals surface area contributed by atoms with Crippen molar-refractivity contribution in [3.63, 3.8) is 0 Å². The standard InChI is InChI=1S/C29H21NO/c31-29(19-9-2-1-3-10-19)23-13-7-6-12-21(23)22-15-17-25-27(28(22)29)26-20-11-5-4-8-18(20)14-16-24(26)30-25/h2,4-17,30-31H,1,3H2. The predicted octanol–water partition coefficient (Wildman–Crippen LogP) is 6.97. The second kappa shape index (κ2) is 5.96. The van der Waals surface area contributed by atoms with E-state index in [-0.39, 0.29) is 0 Å². The van der Waals surface area contributed by atoms with Gasteiger partial charge in [-0.05, 0) is 52.4 Å². The summed E-state index contributed by atoms with van der Waals surface area (Å²) in [6, 6.07) is 25.5. The van der Waals surface area contributed by atoms with Crippen molar-refractivity contribution >= 4 is 32.6 Å². The van der Waals surface area contributed by atoms with Crippen LogP contribution in [0.2, 0.25) is 0 Å². The molecule has 2 aliphatic carbocycles. The molecule has 1 heterocycles. The highest BCUT2D eigenvalue weighted by Gasteiger charge is 2.45. The van der Waals surface area contributed by atoms with Gasteiger partial charge in [-0.3, -0.25) is 0 Å². The number of aromatic nitrogens is 1. The molecule has 31 heavy (non-hydrogen) atoms. The van der Waals surface area contributed by atoms with Crippen molar-refractivity contribution in [2.45, 2.75) is 18.4 Å². The molecule has 1 unspecified atom stereocenters. The zero-order chi connectivity index (χ0) is 20.6. The molecule has 0 fully saturated rings. The van der Waals surface area contributed by atoms with Gasteiger partial charge in [-0.1, -0.05) is 78.9 Å². The molecule has 0 aliphatic heterocycles. The zero-order valence-corrected chi connectivity index (χ0v) is 17.0. The smallest absolute Gasteiger partial charge is 0.142 e.